The van der Waals surface area contributed by atoms with E-state index in [0.717, 1.165) is 0 Å². The van der Waals surface area contributed by atoms with Crippen molar-refractivity contribution in [2.45, 2.75) is 12.5 Å². The molecule has 0 radical (unpaired) electrons. The van der Waals surface area contributed by atoms with E-state index in [-0.39, 0.29) is 12.0 Å². The maximum Gasteiger partial charge on any atom is 0.335 e. The van der Waals surface area contributed by atoms with E-state index in [9.17, 15) is 4.79 Å². The minimum Gasteiger partial charge on any atom is -0.478 e. The van der Waals surface area contributed by atoms with Crippen LogP contribution >= 0.6 is 0 Å². The van der Waals surface area contributed by atoms with Gasteiger partial charge in [0.1, 0.15) is 0 Å². The monoisotopic (exact) mass is 191 g/mol. The molecule has 0 fully saturated rings. The maximum absolute atomic E-state index is 10.6. The van der Waals surface area contributed by atoms with E-state index in [2.05, 4.69) is 4.98 Å². The van der Waals surface area contributed by atoms with Gasteiger partial charge in [-0.25, -0.2) is 4.79 Å². The van der Waals surface area contributed by atoms with Gasteiger partial charge >= 0.3 is 5.97 Å². The molecule has 0 amide bonds. The highest BCUT2D eigenvalue weighted by atomic mass is 16.4. The predicted molar refractivity (Wildman–Crippen MR) is 48.4 cm³/mol. The number of rotatable bonds is 3. The second-order valence-electron chi connectivity index (χ2n) is 2.74. The van der Waals surface area contributed by atoms with Crippen LogP contribution in [0.2, 0.25) is 0 Å². The third-order valence-corrected chi connectivity index (χ3v) is 1.72. The summed E-state index contributed by atoms with van der Waals surface area (Å²) >= 11 is 0. The Labute approximate surface area is 80.8 Å². The molecule has 1 atom stereocenters. The molecule has 1 aromatic rings. The van der Waals surface area contributed by atoms with Gasteiger partial charge in [-0.2, -0.15) is 5.26 Å². The highest BCUT2D eigenvalue weighted by Gasteiger charge is 2.09. The fraction of sp³-hybridized carbons (Fsp3) is 0.222. The molecule has 0 aliphatic carbocycles. The molecule has 1 aromatic heterocycles. The molecule has 72 valence electrons. The number of pyridine rings is 1. The van der Waals surface area contributed by atoms with Crippen LogP contribution in [0.1, 0.15) is 28.5 Å². The average molecular weight is 191 g/mol. The highest BCUT2D eigenvalue weighted by Crippen LogP contribution is 2.11. The van der Waals surface area contributed by atoms with Crippen molar-refractivity contribution in [1.82, 2.24) is 4.98 Å². The molecule has 0 saturated carbocycles. The van der Waals surface area contributed by atoms with E-state index >= 15 is 0 Å². The second kappa shape index (κ2) is 4.35. The molecule has 5 nitrogen and oxygen atoms in total. The van der Waals surface area contributed by atoms with Crippen LogP contribution in [0.15, 0.2) is 18.3 Å². The lowest BCUT2D eigenvalue weighted by atomic mass is 10.1. The molecule has 5 heteroatoms. The third kappa shape index (κ3) is 2.28. The molecule has 3 N–H and O–H groups in total. The number of nitrogens with two attached hydrogens (primary N) is 1. The number of nitriles is 1. The fourth-order valence-corrected chi connectivity index (χ4v) is 0.987. The minimum atomic E-state index is -1.03. The van der Waals surface area contributed by atoms with Gasteiger partial charge in [-0.1, -0.05) is 0 Å². The summed E-state index contributed by atoms with van der Waals surface area (Å²) in [6, 6.07) is 4.13. The number of carboxylic acid groups (broad SMARTS) is 1. The Morgan fingerprint density at radius 2 is 2.50 bits per heavy atom. The van der Waals surface area contributed by atoms with Crippen molar-refractivity contribution in [2.24, 2.45) is 5.73 Å². The summed E-state index contributed by atoms with van der Waals surface area (Å²) in [6.45, 7) is 0. The quantitative estimate of drug-likeness (QED) is 0.732. The van der Waals surface area contributed by atoms with Crippen LogP contribution in [-0.4, -0.2) is 16.1 Å². The summed E-state index contributed by atoms with van der Waals surface area (Å²) in [5, 5.41) is 17.1. The van der Waals surface area contributed by atoms with Gasteiger partial charge in [-0.05, 0) is 12.1 Å². The van der Waals surface area contributed by atoms with Crippen molar-refractivity contribution in [1.29, 1.82) is 5.26 Å². The van der Waals surface area contributed by atoms with Crippen molar-refractivity contribution in [3.8, 4) is 6.07 Å². The Morgan fingerprint density at radius 3 is 3.07 bits per heavy atom. The summed E-state index contributed by atoms with van der Waals surface area (Å²) in [4.78, 5) is 14.5. The fourth-order valence-electron chi connectivity index (χ4n) is 0.987. The van der Waals surface area contributed by atoms with E-state index < -0.39 is 12.0 Å². The molecule has 0 unspecified atom stereocenters. The van der Waals surface area contributed by atoms with Gasteiger partial charge < -0.3 is 10.8 Å². The molecule has 0 saturated heterocycles. The van der Waals surface area contributed by atoms with E-state index in [1.807, 2.05) is 6.07 Å². The first kappa shape index (κ1) is 10.2. The summed E-state index contributed by atoms with van der Waals surface area (Å²) in [6.07, 6.45) is 1.49. The zero-order valence-corrected chi connectivity index (χ0v) is 7.34. The molecule has 0 bridgehead atoms. The topological polar surface area (TPSA) is 100 Å². The summed E-state index contributed by atoms with van der Waals surface area (Å²) in [7, 11) is 0. The van der Waals surface area contributed by atoms with Gasteiger partial charge in [0.25, 0.3) is 0 Å². The number of aromatic nitrogens is 1. The first-order chi connectivity index (χ1) is 6.65. The summed E-state index contributed by atoms with van der Waals surface area (Å²) in [5.41, 5.74) is 6.15. The lowest BCUT2D eigenvalue weighted by Gasteiger charge is -2.06. The Hall–Kier alpha value is -1.93. The Balaban J connectivity index is 2.94. The van der Waals surface area contributed by atoms with Crippen molar-refractivity contribution < 1.29 is 9.90 Å². The maximum atomic E-state index is 10.6. The lowest BCUT2D eigenvalue weighted by Crippen LogP contribution is -2.12. The zero-order valence-electron chi connectivity index (χ0n) is 7.34. The van der Waals surface area contributed by atoms with E-state index in [1.165, 1.54) is 18.3 Å². The molecule has 14 heavy (non-hydrogen) atoms. The Morgan fingerprint density at radius 1 is 1.79 bits per heavy atom. The molecule has 1 heterocycles. The highest BCUT2D eigenvalue weighted by molar-refractivity contribution is 5.87. The molecule has 1 rings (SSSR count). The molecule has 0 aromatic carbocycles. The Bertz CT molecular complexity index is 384. The van der Waals surface area contributed by atoms with Crippen LogP contribution in [0, 0.1) is 11.3 Å². The standard InChI is InChI=1S/C9H9N3O2/c10-3-1-7(11)8-5-6(9(13)14)2-4-12-8/h2,4-5,7H,1,11H2,(H,13,14)/t7-/m1/s1. The number of hydrogen-bond donors (Lipinski definition) is 2. The number of aromatic carboxylic acids is 1. The Kier molecular flexibility index (Phi) is 3.15. The average Bonchev–Trinajstić information content (AvgIpc) is 2.18. The largest absolute Gasteiger partial charge is 0.478 e. The smallest absolute Gasteiger partial charge is 0.335 e. The van der Waals surface area contributed by atoms with Gasteiger partial charge in [0.2, 0.25) is 0 Å². The van der Waals surface area contributed by atoms with Crippen LogP contribution < -0.4 is 5.73 Å². The van der Waals surface area contributed by atoms with Crippen molar-refractivity contribution >= 4 is 5.97 Å². The zero-order chi connectivity index (χ0) is 10.6. The number of carboxylic acids is 1. The van der Waals surface area contributed by atoms with Gasteiger partial charge in [0.15, 0.2) is 0 Å². The van der Waals surface area contributed by atoms with Crippen LogP contribution in [0.5, 0.6) is 0 Å². The summed E-state index contributed by atoms with van der Waals surface area (Å²) in [5.74, 6) is -1.03. The van der Waals surface area contributed by atoms with E-state index in [0.29, 0.717) is 5.69 Å². The minimum absolute atomic E-state index is 0.121. The van der Waals surface area contributed by atoms with Gasteiger partial charge in [-0.15, -0.1) is 0 Å². The predicted octanol–water partition coefficient (Wildman–Crippen LogP) is 0.693. The molecule has 0 spiro atoms. The SMILES string of the molecule is N#CC[C@@H](N)c1cc(C(=O)O)ccn1. The van der Waals surface area contributed by atoms with Crippen molar-refractivity contribution in [2.75, 3.05) is 0 Å². The van der Waals surface area contributed by atoms with Gasteiger partial charge in [0.05, 0.1) is 29.8 Å². The number of nitrogens with zero attached hydrogens (tertiary/aromatic N) is 2. The first-order valence-corrected chi connectivity index (χ1v) is 3.97. The van der Waals surface area contributed by atoms with Crippen LogP contribution in [0.25, 0.3) is 0 Å². The molecule has 0 aliphatic rings. The first-order valence-electron chi connectivity index (χ1n) is 3.97. The van der Waals surface area contributed by atoms with Crippen LogP contribution in [-0.2, 0) is 0 Å². The van der Waals surface area contributed by atoms with Crippen LogP contribution in [0.3, 0.4) is 0 Å². The number of carbonyl (C=O) groups is 1. The van der Waals surface area contributed by atoms with E-state index in [4.69, 9.17) is 16.1 Å². The summed E-state index contributed by atoms with van der Waals surface area (Å²) < 4.78 is 0. The lowest BCUT2D eigenvalue weighted by molar-refractivity contribution is 0.0696. The van der Waals surface area contributed by atoms with E-state index in [1.54, 1.807) is 0 Å². The van der Waals surface area contributed by atoms with Crippen LogP contribution in [0.4, 0.5) is 0 Å². The third-order valence-electron chi connectivity index (χ3n) is 1.72. The van der Waals surface area contributed by atoms with Crippen molar-refractivity contribution in [3.05, 3.63) is 29.6 Å². The van der Waals surface area contributed by atoms with Crippen molar-refractivity contribution in [3.63, 3.8) is 0 Å². The second-order valence-corrected chi connectivity index (χ2v) is 2.74. The number of hydrogen-bond acceptors (Lipinski definition) is 4. The molecular formula is C9H9N3O2. The molecule has 0 aliphatic heterocycles. The van der Waals surface area contributed by atoms with Gasteiger partial charge in [0, 0.05) is 6.20 Å². The van der Waals surface area contributed by atoms with Gasteiger partial charge in [-0.3, -0.25) is 4.98 Å². The normalized spacial score (nSPS) is 11.7. The molecular weight excluding hydrogens is 182 g/mol.